The summed E-state index contributed by atoms with van der Waals surface area (Å²) in [6.07, 6.45) is 6.29. The molecule has 1 aliphatic heterocycles. The number of nitrogens with one attached hydrogen (secondary N) is 2. The van der Waals surface area contributed by atoms with Crippen LogP contribution in [-0.2, 0) is 6.54 Å². The van der Waals surface area contributed by atoms with Crippen molar-refractivity contribution in [3.05, 3.63) is 23.8 Å². The molecule has 0 radical (unpaired) electrons. The molecule has 0 atom stereocenters. The zero-order valence-corrected chi connectivity index (χ0v) is 16.0. The maximum absolute atomic E-state index is 6.07. The zero-order valence-electron chi connectivity index (χ0n) is 13.6. The lowest BCUT2D eigenvalue weighted by atomic mass is 10.2. The first-order valence-electron chi connectivity index (χ1n) is 8.21. The van der Waals surface area contributed by atoms with Crippen LogP contribution in [0, 0.1) is 0 Å². The van der Waals surface area contributed by atoms with Crippen molar-refractivity contribution in [2.75, 3.05) is 20.2 Å². The Morgan fingerprint density at radius 1 is 1.22 bits per heavy atom. The maximum Gasteiger partial charge on any atom is 0.191 e. The molecule has 128 valence electrons. The minimum atomic E-state index is 0. The van der Waals surface area contributed by atoms with E-state index in [4.69, 9.17) is 9.47 Å². The Bertz CT molecular complexity index is 531. The van der Waals surface area contributed by atoms with Crippen LogP contribution in [0.5, 0.6) is 11.5 Å². The molecule has 0 unspecified atom stereocenters. The predicted molar refractivity (Wildman–Crippen MR) is 103 cm³/mol. The minimum Gasteiger partial charge on any atom is -0.493 e. The summed E-state index contributed by atoms with van der Waals surface area (Å²) < 4.78 is 11.6. The largest absolute Gasteiger partial charge is 0.493 e. The van der Waals surface area contributed by atoms with Crippen molar-refractivity contribution < 1.29 is 9.47 Å². The van der Waals surface area contributed by atoms with Crippen molar-refractivity contribution in [2.45, 2.75) is 44.8 Å². The van der Waals surface area contributed by atoms with Crippen molar-refractivity contribution in [3.63, 3.8) is 0 Å². The van der Waals surface area contributed by atoms with E-state index in [1.807, 2.05) is 12.1 Å². The van der Waals surface area contributed by atoms with E-state index in [0.29, 0.717) is 6.10 Å². The van der Waals surface area contributed by atoms with Crippen LogP contribution in [0.2, 0.25) is 0 Å². The van der Waals surface area contributed by atoms with E-state index in [1.54, 1.807) is 7.11 Å². The summed E-state index contributed by atoms with van der Waals surface area (Å²) in [5.41, 5.74) is 1.16. The summed E-state index contributed by atoms with van der Waals surface area (Å²) in [5.74, 6) is 2.55. The van der Waals surface area contributed by atoms with E-state index < -0.39 is 0 Å². The molecule has 2 N–H and O–H groups in total. The highest BCUT2D eigenvalue weighted by atomic mass is 127. The van der Waals surface area contributed by atoms with Gasteiger partial charge < -0.3 is 20.1 Å². The lowest BCUT2D eigenvalue weighted by Crippen LogP contribution is -2.40. The number of nitrogens with zero attached hydrogens (tertiary/aromatic N) is 1. The Kier molecular flexibility index (Phi) is 7.26. The molecule has 0 aromatic heterocycles. The van der Waals surface area contributed by atoms with E-state index in [2.05, 4.69) is 21.7 Å². The van der Waals surface area contributed by atoms with Gasteiger partial charge in [0.05, 0.1) is 13.2 Å². The van der Waals surface area contributed by atoms with Gasteiger partial charge in [-0.1, -0.05) is 6.07 Å². The Morgan fingerprint density at radius 2 is 2.04 bits per heavy atom. The fraction of sp³-hybridized carbons (Fsp3) is 0.588. The molecule has 0 spiro atoms. The highest BCUT2D eigenvalue weighted by molar-refractivity contribution is 14.0. The molecule has 1 saturated carbocycles. The lowest BCUT2D eigenvalue weighted by molar-refractivity contribution is 0.200. The fourth-order valence-corrected chi connectivity index (χ4v) is 2.94. The maximum atomic E-state index is 6.07. The highest BCUT2D eigenvalue weighted by Crippen LogP contribution is 2.32. The Balaban J connectivity index is 0.00000192. The third-order valence-electron chi connectivity index (χ3n) is 4.18. The molecule has 0 amide bonds. The molecule has 3 rings (SSSR count). The third kappa shape index (κ3) is 5.16. The van der Waals surface area contributed by atoms with Crippen LogP contribution in [0.3, 0.4) is 0 Å². The summed E-state index contributed by atoms with van der Waals surface area (Å²) in [4.78, 5) is 4.41. The van der Waals surface area contributed by atoms with Gasteiger partial charge in [0.1, 0.15) is 0 Å². The summed E-state index contributed by atoms with van der Waals surface area (Å²) in [6.45, 7) is 2.61. The van der Waals surface area contributed by atoms with Crippen molar-refractivity contribution in [3.8, 4) is 11.5 Å². The number of halogens is 1. The first-order valence-corrected chi connectivity index (χ1v) is 8.21. The first-order chi connectivity index (χ1) is 10.8. The predicted octanol–water partition coefficient (Wildman–Crippen LogP) is 3.07. The average molecular weight is 431 g/mol. The molecule has 0 saturated heterocycles. The van der Waals surface area contributed by atoms with Crippen LogP contribution < -0.4 is 20.1 Å². The molecular weight excluding hydrogens is 405 g/mol. The van der Waals surface area contributed by atoms with E-state index in [-0.39, 0.29) is 24.0 Å². The first kappa shape index (κ1) is 18.2. The number of hydrogen-bond acceptors (Lipinski definition) is 5. The van der Waals surface area contributed by atoms with Crippen molar-refractivity contribution >= 4 is 29.9 Å². The monoisotopic (exact) mass is 431 g/mol. The van der Waals surface area contributed by atoms with Gasteiger partial charge in [-0.15, -0.1) is 24.0 Å². The molecule has 5 nitrogen and oxygen atoms in total. The van der Waals surface area contributed by atoms with E-state index in [0.717, 1.165) is 61.9 Å². The molecule has 1 aromatic rings. The molecule has 0 bridgehead atoms. The van der Waals surface area contributed by atoms with E-state index in [9.17, 15) is 0 Å². The quantitative estimate of drug-likeness (QED) is 0.704. The lowest BCUT2D eigenvalue weighted by Gasteiger charge is -2.18. The Labute approximate surface area is 155 Å². The molecule has 1 heterocycles. The zero-order chi connectivity index (χ0) is 15.2. The van der Waals surface area contributed by atoms with Crippen LogP contribution in [0.15, 0.2) is 23.2 Å². The van der Waals surface area contributed by atoms with Crippen molar-refractivity contribution in [1.29, 1.82) is 0 Å². The topological polar surface area (TPSA) is 54.9 Å². The smallest absolute Gasteiger partial charge is 0.191 e. The molecule has 1 aromatic carbocycles. The molecule has 1 fully saturated rings. The van der Waals surface area contributed by atoms with E-state index >= 15 is 0 Å². The van der Waals surface area contributed by atoms with Crippen LogP contribution in [-0.4, -0.2) is 32.3 Å². The van der Waals surface area contributed by atoms with Crippen LogP contribution in [0.25, 0.3) is 0 Å². The normalized spacial score (nSPS) is 17.7. The van der Waals surface area contributed by atoms with Crippen LogP contribution in [0.4, 0.5) is 0 Å². The standard InChI is InChI=1S/C17H25N3O2.HI/c1-21-16-11-13(12-20-17-18-9-4-10-19-17)7-8-15(16)22-14-5-2-3-6-14;/h7-8,11,14H,2-6,9-10,12H2,1H3,(H2,18,19,20);1H. The second kappa shape index (κ2) is 9.20. The summed E-state index contributed by atoms with van der Waals surface area (Å²) >= 11 is 0. The average Bonchev–Trinajstić information content (AvgIpc) is 3.08. The summed E-state index contributed by atoms with van der Waals surface area (Å²) in [6, 6.07) is 6.15. The van der Waals surface area contributed by atoms with Gasteiger partial charge in [0.15, 0.2) is 17.5 Å². The molecule has 2 aliphatic rings. The van der Waals surface area contributed by atoms with Gasteiger partial charge in [0.25, 0.3) is 0 Å². The second-order valence-electron chi connectivity index (χ2n) is 5.87. The molecular formula is C17H26IN3O2. The highest BCUT2D eigenvalue weighted by Gasteiger charge is 2.18. The number of aliphatic imine (C=N–C) groups is 1. The number of guanidine groups is 1. The summed E-state index contributed by atoms with van der Waals surface area (Å²) in [5, 5.41) is 6.58. The second-order valence-corrected chi connectivity index (χ2v) is 5.87. The number of ether oxygens (including phenoxy) is 2. The van der Waals surface area contributed by atoms with Gasteiger partial charge in [-0.25, -0.2) is 0 Å². The van der Waals surface area contributed by atoms with Crippen LogP contribution >= 0.6 is 24.0 Å². The van der Waals surface area contributed by atoms with Crippen LogP contribution in [0.1, 0.15) is 37.7 Å². The number of methoxy groups -OCH3 is 1. The molecule has 6 heteroatoms. The van der Waals surface area contributed by atoms with Crippen molar-refractivity contribution in [2.24, 2.45) is 4.99 Å². The molecule has 1 aliphatic carbocycles. The number of hydrogen-bond donors (Lipinski definition) is 2. The van der Waals surface area contributed by atoms with Gasteiger partial charge in [-0.3, -0.25) is 4.99 Å². The van der Waals surface area contributed by atoms with Crippen molar-refractivity contribution in [1.82, 2.24) is 10.6 Å². The number of rotatable bonds is 5. The van der Waals surface area contributed by atoms with Gasteiger partial charge in [0.2, 0.25) is 0 Å². The third-order valence-corrected chi connectivity index (χ3v) is 4.18. The Morgan fingerprint density at radius 3 is 2.74 bits per heavy atom. The van der Waals surface area contributed by atoms with E-state index in [1.165, 1.54) is 12.8 Å². The SMILES string of the molecule is COc1cc(CNC2=NCCCN2)ccc1OC1CCCC1.I. The van der Waals surface area contributed by atoms with Gasteiger partial charge in [-0.05, 0) is 49.8 Å². The van der Waals surface area contributed by atoms with Gasteiger partial charge in [-0.2, -0.15) is 0 Å². The van der Waals surface area contributed by atoms with Gasteiger partial charge >= 0.3 is 0 Å². The van der Waals surface area contributed by atoms with Gasteiger partial charge in [0, 0.05) is 19.6 Å². The number of benzene rings is 1. The molecule has 23 heavy (non-hydrogen) atoms. The minimum absolute atomic E-state index is 0. The fourth-order valence-electron chi connectivity index (χ4n) is 2.94. The summed E-state index contributed by atoms with van der Waals surface area (Å²) in [7, 11) is 1.70. The Hall–Kier alpha value is -1.18.